The highest BCUT2D eigenvalue weighted by Crippen LogP contribution is 2.17. The molecule has 0 N–H and O–H groups in total. The Morgan fingerprint density at radius 2 is 2.12 bits per heavy atom. The molecule has 0 unspecified atom stereocenters. The maximum atomic E-state index is 13.7. The molecule has 0 saturated carbocycles. The standard InChI is InChI=1S/C13H18FNO2/c1-4-7-17-10-5-6-11(12(14)8-10)13(16)9-15(2)3/h5-6,8H,4,7,9H2,1-3H3. The molecule has 1 rings (SSSR count). The van der Waals surface area contributed by atoms with Crippen molar-refractivity contribution in [2.45, 2.75) is 13.3 Å². The molecular formula is C13H18FNO2. The van der Waals surface area contributed by atoms with Gasteiger partial charge in [-0.2, -0.15) is 0 Å². The van der Waals surface area contributed by atoms with E-state index in [9.17, 15) is 9.18 Å². The molecule has 1 aromatic carbocycles. The number of benzene rings is 1. The van der Waals surface area contributed by atoms with E-state index in [0.29, 0.717) is 12.4 Å². The number of carbonyl (C=O) groups excluding carboxylic acids is 1. The first-order valence-electron chi connectivity index (χ1n) is 5.65. The van der Waals surface area contributed by atoms with E-state index in [1.54, 1.807) is 25.1 Å². The molecular weight excluding hydrogens is 221 g/mol. The minimum Gasteiger partial charge on any atom is -0.494 e. The minimum atomic E-state index is -0.523. The maximum Gasteiger partial charge on any atom is 0.179 e. The number of nitrogens with zero attached hydrogens (tertiary/aromatic N) is 1. The lowest BCUT2D eigenvalue weighted by atomic mass is 10.1. The van der Waals surface area contributed by atoms with E-state index in [4.69, 9.17) is 4.74 Å². The highest BCUT2D eigenvalue weighted by molar-refractivity contribution is 5.97. The van der Waals surface area contributed by atoms with Crippen molar-refractivity contribution in [1.29, 1.82) is 0 Å². The Hall–Kier alpha value is -1.42. The number of ether oxygens (including phenoxy) is 1. The summed E-state index contributed by atoms with van der Waals surface area (Å²) in [4.78, 5) is 13.4. The first kappa shape index (κ1) is 13.6. The number of hydrogen-bond donors (Lipinski definition) is 0. The van der Waals surface area contributed by atoms with Crippen molar-refractivity contribution < 1.29 is 13.9 Å². The number of hydrogen-bond acceptors (Lipinski definition) is 3. The second-order valence-corrected chi connectivity index (χ2v) is 4.15. The van der Waals surface area contributed by atoms with Gasteiger partial charge in [-0.15, -0.1) is 0 Å². The van der Waals surface area contributed by atoms with Gasteiger partial charge in [0.25, 0.3) is 0 Å². The van der Waals surface area contributed by atoms with Crippen LogP contribution in [0.2, 0.25) is 0 Å². The van der Waals surface area contributed by atoms with Crippen LogP contribution in [0.4, 0.5) is 4.39 Å². The number of ketones is 1. The van der Waals surface area contributed by atoms with Crippen LogP contribution in [-0.4, -0.2) is 37.9 Å². The molecule has 4 heteroatoms. The van der Waals surface area contributed by atoms with Crippen LogP contribution >= 0.6 is 0 Å². The molecule has 0 saturated heterocycles. The summed E-state index contributed by atoms with van der Waals surface area (Å²) in [5.41, 5.74) is 0.113. The molecule has 1 aromatic rings. The van der Waals surface area contributed by atoms with Crippen molar-refractivity contribution in [1.82, 2.24) is 4.90 Å². The fraction of sp³-hybridized carbons (Fsp3) is 0.462. The van der Waals surface area contributed by atoms with Gasteiger partial charge in [-0.3, -0.25) is 4.79 Å². The third kappa shape index (κ3) is 4.15. The van der Waals surface area contributed by atoms with Crippen LogP contribution in [0, 0.1) is 5.82 Å². The second-order valence-electron chi connectivity index (χ2n) is 4.15. The van der Waals surface area contributed by atoms with Gasteiger partial charge < -0.3 is 9.64 Å². The smallest absolute Gasteiger partial charge is 0.179 e. The first-order chi connectivity index (χ1) is 8.04. The third-order valence-corrected chi connectivity index (χ3v) is 2.17. The summed E-state index contributed by atoms with van der Waals surface area (Å²) in [6.07, 6.45) is 0.864. The third-order valence-electron chi connectivity index (χ3n) is 2.17. The van der Waals surface area contributed by atoms with Gasteiger partial charge in [0.05, 0.1) is 18.7 Å². The zero-order chi connectivity index (χ0) is 12.8. The van der Waals surface area contributed by atoms with Gasteiger partial charge in [-0.25, -0.2) is 4.39 Å². The van der Waals surface area contributed by atoms with E-state index in [-0.39, 0.29) is 17.9 Å². The highest BCUT2D eigenvalue weighted by atomic mass is 19.1. The van der Waals surface area contributed by atoms with Gasteiger partial charge in [0, 0.05) is 6.07 Å². The van der Waals surface area contributed by atoms with Crippen LogP contribution in [0.1, 0.15) is 23.7 Å². The maximum absolute atomic E-state index is 13.7. The van der Waals surface area contributed by atoms with Gasteiger partial charge >= 0.3 is 0 Å². The lowest BCUT2D eigenvalue weighted by Crippen LogP contribution is -2.22. The quantitative estimate of drug-likeness (QED) is 0.714. The molecule has 94 valence electrons. The van der Waals surface area contributed by atoms with Crippen LogP contribution in [0.3, 0.4) is 0 Å². The molecule has 3 nitrogen and oxygen atoms in total. The van der Waals surface area contributed by atoms with Gasteiger partial charge in [-0.05, 0) is 32.6 Å². The number of halogens is 1. The Labute approximate surface area is 101 Å². The van der Waals surface area contributed by atoms with E-state index in [1.807, 2.05) is 6.92 Å². The lowest BCUT2D eigenvalue weighted by Gasteiger charge is -2.10. The summed E-state index contributed by atoms with van der Waals surface area (Å²) >= 11 is 0. The molecule has 0 aromatic heterocycles. The van der Waals surface area contributed by atoms with Crippen molar-refractivity contribution in [3.8, 4) is 5.75 Å². The van der Waals surface area contributed by atoms with E-state index in [1.165, 1.54) is 12.1 Å². The van der Waals surface area contributed by atoms with Crippen LogP contribution in [0.5, 0.6) is 5.75 Å². The van der Waals surface area contributed by atoms with Gasteiger partial charge in [0.2, 0.25) is 0 Å². The molecule has 0 bridgehead atoms. The van der Waals surface area contributed by atoms with Gasteiger partial charge in [-0.1, -0.05) is 6.92 Å². The largest absolute Gasteiger partial charge is 0.494 e. The number of Topliss-reactive ketones (excluding diaryl/α,β-unsaturated/α-hetero) is 1. The minimum absolute atomic E-state index is 0.113. The van der Waals surface area contributed by atoms with Crippen molar-refractivity contribution in [2.24, 2.45) is 0 Å². The monoisotopic (exact) mass is 239 g/mol. The summed E-state index contributed by atoms with van der Waals surface area (Å²) in [5, 5.41) is 0. The van der Waals surface area contributed by atoms with Crippen molar-refractivity contribution in [3.63, 3.8) is 0 Å². The van der Waals surface area contributed by atoms with E-state index < -0.39 is 5.82 Å². The fourth-order valence-corrected chi connectivity index (χ4v) is 1.40. The number of rotatable bonds is 6. The summed E-state index contributed by atoms with van der Waals surface area (Å²) in [7, 11) is 3.54. The van der Waals surface area contributed by atoms with Crippen LogP contribution in [0.15, 0.2) is 18.2 Å². The Balaban J connectivity index is 2.78. The molecule has 0 aliphatic heterocycles. The normalized spacial score (nSPS) is 10.6. The van der Waals surface area contributed by atoms with Crippen molar-refractivity contribution in [2.75, 3.05) is 27.2 Å². The molecule has 0 aliphatic carbocycles. The molecule has 0 atom stereocenters. The summed E-state index contributed by atoms with van der Waals surface area (Å²) in [6, 6.07) is 4.37. The highest BCUT2D eigenvalue weighted by Gasteiger charge is 2.13. The molecule has 0 spiro atoms. The molecule has 0 fully saturated rings. The Kier molecular flexibility index (Phi) is 5.10. The zero-order valence-corrected chi connectivity index (χ0v) is 10.5. The predicted octanol–water partition coefficient (Wildman–Crippen LogP) is 2.36. The van der Waals surface area contributed by atoms with Crippen LogP contribution < -0.4 is 4.74 Å². The van der Waals surface area contributed by atoms with Crippen LogP contribution in [0.25, 0.3) is 0 Å². The molecule has 0 amide bonds. The molecule has 0 heterocycles. The predicted molar refractivity (Wildman–Crippen MR) is 65.1 cm³/mol. The average molecular weight is 239 g/mol. The van der Waals surface area contributed by atoms with E-state index in [2.05, 4.69) is 0 Å². The topological polar surface area (TPSA) is 29.5 Å². The number of carbonyl (C=O) groups is 1. The zero-order valence-electron chi connectivity index (χ0n) is 10.5. The summed E-state index contributed by atoms with van der Waals surface area (Å²) in [5.74, 6) is -0.286. The van der Waals surface area contributed by atoms with Crippen LogP contribution in [-0.2, 0) is 0 Å². The van der Waals surface area contributed by atoms with E-state index in [0.717, 1.165) is 6.42 Å². The average Bonchev–Trinajstić information content (AvgIpc) is 2.25. The Bertz CT molecular complexity index is 391. The van der Waals surface area contributed by atoms with Gasteiger partial charge in [0.15, 0.2) is 5.78 Å². The fourth-order valence-electron chi connectivity index (χ4n) is 1.40. The molecule has 0 aliphatic rings. The summed E-state index contributed by atoms with van der Waals surface area (Å²) < 4.78 is 18.9. The number of likely N-dealkylation sites (N-methyl/N-ethyl adjacent to an activating group) is 1. The summed E-state index contributed by atoms with van der Waals surface area (Å²) in [6.45, 7) is 2.72. The molecule has 0 radical (unpaired) electrons. The first-order valence-corrected chi connectivity index (χ1v) is 5.65. The SMILES string of the molecule is CCCOc1ccc(C(=O)CN(C)C)c(F)c1. The second kappa shape index (κ2) is 6.35. The van der Waals surface area contributed by atoms with E-state index >= 15 is 0 Å². The Morgan fingerprint density at radius 1 is 1.41 bits per heavy atom. The molecule has 17 heavy (non-hydrogen) atoms. The Morgan fingerprint density at radius 3 is 2.65 bits per heavy atom. The van der Waals surface area contributed by atoms with Gasteiger partial charge in [0.1, 0.15) is 11.6 Å². The van der Waals surface area contributed by atoms with Crippen molar-refractivity contribution in [3.05, 3.63) is 29.6 Å². The van der Waals surface area contributed by atoms with Crippen molar-refractivity contribution >= 4 is 5.78 Å². The lowest BCUT2D eigenvalue weighted by molar-refractivity contribution is 0.0954.